The van der Waals surface area contributed by atoms with Crippen LogP contribution in [0, 0.1) is 18.7 Å². The number of hydrogen-bond acceptors (Lipinski definition) is 3. The summed E-state index contributed by atoms with van der Waals surface area (Å²) < 4.78 is 120. The summed E-state index contributed by atoms with van der Waals surface area (Å²) >= 11 is 0. The number of carbonyl (C=O) groups excluding carboxylic acids is 1. The molecule has 0 radical (unpaired) electrons. The van der Waals surface area contributed by atoms with Gasteiger partial charge in [0.15, 0.2) is 0 Å². The third-order valence-electron chi connectivity index (χ3n) is 7.01. The second-order valence-electron chi connectivity index (χ2n) is 9.59. The maximum atomic E-state index is 13.7. The average molecular weight is 569 g/mol. The lowest BCUT2D eigenvalue weighted by atomic mass is 9.78. The number of piperidine rings is 1. The van der Waals surface area contributed by atoms with Crippen LogP contribution in [-0.4, -0.2) is 49.9 Å². The van der Waals surface area contributed by atoms with Crippen LogP contribution in [0.25, 0.3) is 0 Å². The Balaban J connectivity index is 2.00. The number of aryl methyl sites for hydroxylation is 1. The van der Waals surface area contributed by atoms with Crippen molar-refractivity contribution in [1.29, 1.82) is 0 Å². The lowest BCUT2D eigenvalue weighted by Gasteiger charge is -2.40. The predicted molar refractivity (Wildman–Crippen MR) is 126 cm³/mol. The van der Waals surface area contributed by atoms with Crippen LogP contribution in [0.4, 0.5) is 30.7 Å². The number of sulfonamides is 1. The van der Waals surface area contributed by atoms with Gasteiger partial charge in [-0.1, -0.05) is 6.07 Å². The van der Waals surface area contributed by atoms with E-state index < -0.39 is 63.1 Å². The molecule has 1 heterocycles. The van der Waals surface area contributed by atoms with Crippen molar-refractivity contribution in [1.82, 2.24) is 9.21 Å². The Bertz CT molecular complexity index is 1280. The second kappa shape index (κ2) is 10.5. The molecule has 3 rings (SSSR count). The number of benzene rings is 2. The second-order valence-corrected chi connectivity index (χ2v) is 11.6. The van der Waals surface area contributed by atoms with Gasteiger partial charge in [0.2, 0.25) is 15.9 Å². The van der Waals surface area contributed by atoms with Crippen LogP contribution in [0.2, 0.25) is 0 Å². The number of rotatable bonds is 5. The van der Waals surface area contributed by atoms with Crippen LogP contribution in [0.1, 0.15) is 53.1 Å². The highest BCUT2D eigenvalue weighted by Crippen LogP contribution is 2.40. The first kappa shape index (κ1) is 29.9. The quantitative estimate of drug-likeness (QED) is 0.432. The molecule has 38 heavy (non-hydrogen) atoms. The van der Waals surface area contributed by atoms with E-state index >= 15 is 0 Å². The Hall–Kier alpha value is -2.67. The minimum Gasteiger partial charge on any atom is -0.339 e. The molecule has 0 aliphatic carbocycles. The van der Waals surface area contributed by atoms with Crippen molar-refractivity contribution >= 4 is 15.9 Å². The molecule has 0 N–H and O–H groups in total. The first-order valence-electron chi connectivity index (χ1n) is 11.6. The van der Waals surface area contributed by atoms with E-state index in [-0.39, 0.29) is 31.1 Å². The summed E-state index contributed by atoms with van der Waals surface area (Å²) in [7, 11) is -2.36. The molecule has 1 saturated heterocycles. The van der Waals surface area contributed by atoms with Crippen molar-refractivity contribution in [3.63, 3.8) is 0 Å². The highest BCUT2D eigenvalue weighted by molar-refractivity contribution is 7.88. The Kier molecular flexibility index (Phi) is 8.24. The van der Waals surface area contributed by atoms with E-state index in [2.05, 4.69) is 0 Å². The molecule has 0 bridgehead atoms. The fourth-order valence-corrected chi connectivity index (χ4v) is 5.65. The molecule has 0 aromatic heterocycles. The molecule has 1 aliphatic heterocycles. The Morgan fingerprint density at radius 3 is 2.05 bits per heavy atom. The van der Waals surface area contributed by atoms with Gasteiger partial charge in [-0.15, -0.1) is 0 Å². The summed E-state index contributed by atoms with van der Waals surface area (Å²) in [5.41, 5.74) is -2.33. The summed E-state index contributed by atoms with van der Waals surface area (Å²) in [6.45, 7) is 2.83. The molecular formula is C25H27F7N2O3S. The van der Waals surface area contributed by atoms with Gasteiger partial charge in [-0.25, -0.2) is 17.1 Å². The van der Waals surface area contributed by atoms with E-state index in [0.29, 0.717) is 23.3 Å². The molecule has 1 aliphatic rings. The molecule has 3 atom stereocenters. The summed E-state index contributed by atoms with van der Waals surface area (Å²) in [5, 5.41) is 0. The van der Waals surface area contributed by atoms with Gasteiger partial charge in [0, 0.05) is 32.0 Å². The Labute approximate surface area is 216 Å². The van der Waals surface area contributed by atoms with Gasteiger partial charge in [0.1, 0.15) is 5.82 Å². The number of hydrogen-bond donors (Lipinski definition) is 0. The Morgan fingerprint density at radius 2 is 1.58 bits per heavy atom. The van der Waals surface area contributed by atoms with Gasteiger partial charge >= 0.3 is 12.4 Å². The maximum Gasteiger partial charge on any atom is 0.416 e. The zero-order valence-corrected chi connectivity index (χ0v) is 21.8. The monoisotopic (exact) mass is 568 g/mol. The van der Waals surface area contributed by atoms with Gasteiger partial charge in [-0.3, -0.25) is 4.79 Å². The largest absolute Gasteiger partial charge is 0.416 e. The molecule has 2 aromatic rings. The van der Waals surface area contributed by atoms with Crippen LogP contribution in [-0.2, 0) is 27.2 Å². The van der Waals surface area contributed by atoms with E-state index in [9.17, 15) is 43.9 Å². The van der Waals surface area contributed by atoms with E-state index in [0.717, 1.165) is 11.2 Å². The summed E-state index contributed by atoms with van der Waals surface area (Å²) in [6.07, 6.45) is -9.01. The Morgan fingerprint density at radius 1 is 1.03 bits per heavy atom. The summed E-state index contributed by atoms with van der Waals surface area (Å²) in [4.78, 5) is 14.7. The predicted octanol–water partition coefficient (Wildman–Crippen LogP) is 5.76. The minimum atomic E-state index is -5.04. The maximum absolute atomic E-state index is 13.7. The molecule has 1 fully saturated rings. The average Bonchev–Trinajstić information content (AvgIpc) is 2.80. The van der Waals surface area contributed by atoms with E-state index in [4.69, 9.17) is 0 Å². The number of nitrogens with zero attached hydrogens (tertiary/aromatic N) is 2. The topological polar surface area (TPSA) is 57.7 Å². The summed E-state index contributed by atoms with van der Waals surface area (Å²) in [5.74, 6) is -2.67. The fourth-order valence-electron chi connectivity index (χ4n) is 4.79. The smallest absolute Gasteiger partial charge is 0.339 e. The lowest BCUT2D eigenvalue weighted by molar-refractivity contribution is -0.143. The molecule has 2 aromatic carbocycles. The minimum absolute atomic E-state index is 0.00398. The van der Waals surface area contributed by atoms with E-state index in [1.54, 1.807) is 6.92 Å². The van der Waals surface area contributed by atoms with Gasteiger partial charge in [0.05, 0.1) is 23.4 Å². The number of halogens is 7. The van der Waals surface area contributed by atoms with Gasteiger partial charge in [-0.2, -0.15) is 26.3 Å². The molecule has 2 unspecified atom stereocenters. The first-order chi connectivity index (χ1) is 17.3. The summed E-state index contributed by atoms with van der Waals surface area (Å²) in [6, 6.07) is 3.88. The van der Waals surface area contributed by atoms with Crippen molar-refractivity contribution in [2.75, 3.05) is 26.4 Å². The number of carbonyl (C=O) groups is 1. The molecule has 210 valence electrons. The van der Waals surface area contributed by atoms with Crippen LogP contribution in [0.5, 0.6) is 0 Å². The van der Waals surface area contributed by atoms with Gasteiger partial charge in [0.25, 0.3) is 0 Å². The van der Waals surface area contributed by atoms with Crippen LogP contribution in [0.3, 0.4) is 0 Å². The highest BCUT2D eigenvalue weighted by Gasteiger charge is 2.41. The van der Waals surface area contributed by atoms with E-state index in [1.165, 1.54) is 36.5 Å². The van der Waals surface area contributed by atoms with Crippen LogP contribution < -0.4 is 0 Å². The van der Waals surface area contributed by atoms with Crippen molar-refractivity contribution in [2.45, 2.75) is 44.6 Å². The number of alkyl halides is 6. The van der Waals surface area contributed by atoms with Gasteiger partial charge < -0.3 is 4.90 Å². The zero-order chi connectivity index (χ0) is 28.8. The fraction of sp³-hybridized carbons (Fsp3) is 0.480. The third-order valence-corrected chi connectivity index (χ3v) is 8.28. The van der Waals surface area contributed by atoms with Crippen molar-refractivity contribution in [2.24, 2.45) is 5.92 Å². The normalized spacial score (nSPS) is 20.3. The van der Waals surface area contributed by atoms with Crippen LogP contribution in [0.15, 0.2) is 36.4 Å². The molecule has 1 amide bonds. The molecule has 13 heteroatoms. The van der Waals surface area contributed by atoms with E-state index in [1.807, 2.05) is 0 Å². The zero-order valence-electron chi connectivity index (χ0n) is 21.0. The first-order valence-corrected chi connectivity index (χ1v) is 13.4. The standard InChI is InChI=1S/C25H27F7N2O3S/c1-14-9-19(26)5-6-20(14)22-13-34(38(4,36)37)8-7-21(22)23(35)33(3)15(2)16-10-17(24(27,28)29)12-18(11-16)25(30,31)32/h5-6,9-12,15,21-22H,7-8,13H2,1-4H3/t15-,21?,22?/m0/s1. The highest BCUT2D eigenvalue weighted by atomic mass is 32.2. The molecule has 0 saturated carbocycles. The molecule has 5 nitrogen and oxygen atoms in total. The van der Waals surface area contributed by atoms with Gasteiger partial charge in [-0.05, 0) is 67.3 Å². The van der Waals surface area contributed by atoms with Crippen molar-refractivity contribution in [3.05, 3.63) is 70.0 Å². The van der Waals surface area contributed by atoms with Crippen molar-refractivity contribution in [3.8, 4) is 0 Å². The number of amides is 1. The molecular weight excluding hydrogens is 541 g/mol. The van der Waals surface area contributed by atoms with Crippen LogP contribution >= 0.6 is 0 Å². The third kappa shape index (κ3) is 6.48. The van der Waals surface area contributed by atoms with Crippen molar-refractivity contribution < 1.29 is 43.9 Å². The SMILES string of the molecule is Cc1cc(F)ccc1C1CN(S(C)(=O)=O)CCC1C(=O)N(C)[C@@H](C)c1cc(C(F)(F)F)cc(C(F)(F)F)c1. The molecule has 0 spiro atoms. The lowest BCUT2D eigenvalue weighted by Crippen LogP contribution is -2.48.